The number of carbonyl (C=O) groups excluding carboxylic acids is 1. The molecule has 0 aliphatic carbocycles. The number of esters is 1. The van der Waals surface area contributed by atoms with Crippen molar-refractivity contribution in [2.24, 2.45) is 0 Å². The van der Waals surface area contributed by atoms with Gasteiger partial charge in [-0.1, -0.05) is 31.9 Å². The molecule has 1 rings (SSSR count). The Morgan fingerprint density at radius 3 is 2.76 bits per heavy atom. The number of alkyl halides is 1. The van der Waals surface area contributed by atoms with Gasteiger partial charge in [0.15, 0.2) is 0 Å². The molecular formula is C12H11Br2NO2. The first-order valence-corrected chi connectivity index (χ1v) is 6.96. The van der Waals surface area contributed by atoms with Crippen LogP contribution in [-0.2, 0) is 21.3 Å². The zero-order chi connectivity index (χ0) is 12.8. The topological polar surface area (TPSA) is 50.1 Å². The molecule has 0 amide bonds. The van der Waals surface area contributed by atoms with Gasteiger partial charge < -0.3 is 4.74 Å². The predicted octanol–water partition coefficient (Wildman–Crippen LogP) is 3.32. The average molecular weight is 361 g/mol. The standard InChI is InChI=1S/C12H11Br2NO2/c1-2-17-12(16)5-8-3-9(7-15)10(6-13)11(14)4-8/h3-4H,2,5-6H2,1H3. The Labute approximate surface area is 117 Å². The second-order valence-corrected chi connectivity index (χ2v) is 4.75. The lowest BCUT2D eigenvalue weighted by Crippen LogP contribution is -2.08. The fourth-order valence-electron chi connectivity index (χ4n) is 1.41. The molecule has 5 heteroatoms. The van der Waals surface area contributed by atoms with Crippen molar-refractivity contribution in [2.75, 3.05) is 6.61 Å². The summed E-state index contributed by atoms with van der Waals surface area (Å²) in [7, 11) is 0. The molecule has 0 radical (unpaired) electrons. The molecule has 0 aliphatic rings. The van der Waals surface area contributed by atoms with Crippen LogP contribution in [0.15, 0.2) is 16.6 Å². The molecule has 0 aliphatic heterocycles. The van der Waals surface area contributed by atoms with Gasteiger partial charge in [-0.25, -0.2) is 0 Å². The maximum atomic E-state index is 11.3. The number of hydrogen-bond acceptors (Lipinski definition) is 3. The second-order valence-electron chi connectivity index (χ2n) is 3.33. The lowest BCUT2D eigenvalue weighted by molar-refractivity contribution is -0.142. The van der Waals surface area contributed by atoms with Gasteiger partial charge in [0.1, 0.15) is 0 Å². The zero-order valence-corrected chi connectivity index (χ0v) is 12.5. The third kappa shape index (κ3) is 3.83. The van der Waals surface area contributed by atoms with Crippen LogP contribution in [0.2, 0.25) is 0 Å². The van der Waals surface area contributed by atoms with Crippen LogP contribution in [-0.4, -0.2) is 12.6 Å². The molecule has 0 fully saturated rings. The van der Waals surface area contributed by atoms with E-state index in [4.69, 9.17) is 10.00 Å². The predicted molar refractivity (Wildman–Crippen MR) is 71.8 cm³/mol. The normalized spacial score (nSPS) is 9.76. The first kappa shape index (κ1) is 14.2. The highest BCUT2D eigenvalue weighted by Gasteiger charge is 2.11. The van der Waals surface area contributed by atoms with E-state index >= 15 is 0 Å². The molecule has 0 unspecified atom stereocenters. The van der Waals surface area contributed by atoms with Crippen molar-refractivity contribution in [1.29, 1.82) is 5.26 Å². The molecular weight excluding hydrogens is 350 g/mol. The third-order valence-corrected chi connectivity index (χ3v) is 3.43. The Bertz CT molecular complexity index is 466. The fraction of sp³-hybridized carbons (Fsp3) is 0.333. The minimum absolute atomic E-state index is 0.184. The van der Waals surface area contributed by atoms with Crippen molar-refractivity contribution in [1.82, 2.24) is 0 Å². The number of nitrogens with zero attached hydrogens (tertiary/aromatic N) is 1. The van der Waals surface area contributed by atoms with E-state index in [1.807, 2.05) is 6.07 Å². The number of rotatable bonds is 4. The second kappa shape index (κ2) is 6.77. The number of benzene rings is 1. The van der Waals surface area contributed by atoms with Crippen LogP contribution in [0.25, 0.3) is 0 Å². The summed E-state index contributed by atoms with van der Waals surface area (Å²) in [5, 5.41) is 9.62. The van der Waals surface area contributed by atoms with Gasteiger partial charge in [0.2, 0.25) is 0 Å². The van der Waals surface area contributed by atoms with E-state index in [1.54, 1.807) is 13.0 Å². The maximum Gasteiger partial charge on any atom is 0.310 e. The molecule has 0 saturated heterocycles. The molecule has 1 aromatic rings. The number of halogens is 2. The zero-order valence-electron chi connectivity index (χ0n) is 9.30. The van der Waals surface area contributed by atoms with Crippen LogP contribution >= 0.6 is 31.9 Å². The van der Waals surface area contributed by atoms with Gasteiger partial charge in [0.05, 0.1) is 24.7 Å². The lowest BCUT2D eigenvalue weighted by atomic mass is 10.0. The summed E-state index contributed by atoms with van der Waals surface area (Å²) >= 11 is 6.72. The quantitative estimate of drug-likeness (QED) is 0.611. The van der Waals surface area contributed by atoms with E-state index in [1.165, 1.54) is 0 Å². The van der Waals surface area contributed by atoms with Crippen molar-refractivity contribution >= 4 is 37.8 Å². The van der Waals surface area contributed by atoms with Gasteiger partial charge in [0, 0.05) is 9.80 Å². The smallest absolute Gasteiger partial charge is 0.310 e. The summed E-state index contributed by atoms with van der Waals surface area (Å²) in [6, 6.07) is 5.68. The SMILES string of the molecule is CCOC(=O)Cc1cc(Br)c(CBr)c(C#N)c1. The summed E-state index contributed by atoms with van der Waals surface area (Å²) in [6.07, 6.45) is 0.184. The molecule has 0 aromatic heterocycles. The number of ether oxygens (including phenoxy) is 1. The summed E-state index contributed by atoms with van der Waals surface area (Å²) in [5.74, 6) is -0.283. The van der Waals surface area contributed by atoms with Crippen LogP contribution in [0.5, 0.6) is 0 Å². The van der Waals surface area contributed by atoms with Crippen LogP contribution < -0.4 is 0 Å². The van der Waals surface area contributed by atoms with Crippen LogP contribution in [0.4, 0.5) is 0 Å². The van der Waals surface area contributed by atoms with Gasteiger partial charge in [-0.3, -0.25) is 4.79 Å². The molecule has 0 atom stereocenters. The summed E-state index contributed by atoms with van der Waals surface area (Å²) in [6.45, 7) is 2.13. The summed E-state index contributed by atoms with van der Waals surface area (Å²) < 4.78 is 5.70. The van der Waals surface area contributed by atoms with Gasteiger partial charge in [-0.2, -0.15) is 5.26 Å². The Hall–Kier alpha value is -0.860. The molecule has 1 aromatic carbocycles. The lowest BCUT2D eigenvalue weighted by Gasteiger charge is -2.07. The van der Waals surface area contributed by atoms with Gasteiger partial charge >= 0.3 is 5.97 Å². The van der Waals surface area contributed by atoms with Crippen LogP contribution in [0.1, 0.15) is 23.6 Å². The highest BCUT2D eigenvalue weighted by molar-refractivity contribution is 9.10. The molecule has 17 heavy (non-hydrogen) atoms. The Morgan fingerprint density at radius 2 is 2.24 bits per heavy atom. The number of hydrogen-bond donors (Lipinski definition) is 0. The van der Waals surface area contributed by atoms with Crippen molar-refractivity contribution < 1.29 is 9.53 Å². The first-order chi connectivity index (χ1) is 8.12. The first-order valence-electron chi connectivity index (χ1n) is 5.05. The Morgan fingerprint density at radius 1 is 1.53 bits per heavy atom. The molecule has 0 saturated carbocycles. The molecule has 0 heterocycles. The van der Waals surface area contributed by atoms with Crippen molar-refractivity contribution in [2.45, 2.75) is 18.7 Å². The van der Waals surface area contributed by atoms with E-state index in [2.05, 4.69) is 37.9 Å². The summed E-state index contributed by atoms with van der Waals surface area (Å²) in [4.78, 5) is 11.3. The number of nitriles is 1. The van der Waals surface area contributed by atoms with E-state index in [0.717, 1.165) is 15.6 Å². The minimum Gasteiger partial charge on any atom is -0.466 e. The van der Waals surface area contributed by atoms with Gasteiger partial charge in [-0.05, 0) is 30.2 Å². The molecule has 90 valence electrons. The van der Waals surface area contributed by atoms with Crippen molar-refractivity contribution in [3.63, 3.8) is 0 Å². The Balaban J connectivity index is 3.00. The number of carbonyl (C=O) groups is 1. The highest BCUT2D eigenvalue weighted by Crippen LogP contribution is 2.25. The third-order valence-electron chi connectivity index (χ3n) is 2.16. The van der Waals surface area contributed by atoms with E-state index in [9.17, 15) is 4.79 Å². The van der Waals surface area contributed by atoms with E-state index < -0.39 is 0 Å². The van der Waals surface area contributed by atoms with E-state index in [-0.39, 0.29) is 12.4 Å². The monoisotopic (exact) mass is 359 g/mol. The van der Waals surface area contributed by atoms with Gasteiger partial charge in [-0.15, -0.1) is 0 Å². The largest absolute Gasteiger partial charge is 0.466 e. The maximum absolute atomic E-state index is 11.3. The highest BCUT2D eigenvalue weighted by atomic mass is 79.9. The van der Waals surface area contributed by atoms with E-state index in [0.29, 0.717) is 17.5 Å². The van der Waals surface area contributed by atoms with Crippen molar-refractivity contribution in [3.05, 3.63) is 33.3 Å². The minimum atomic E-state index is -0.283. The van der Waals surface area contributed by atoms with Crippen molar-refractivity contribution in [3.8, 4) is 6.07 Å². The fourth-order valence-corrected chi connectivity index (χ4v) is 3.04. The molecule has 0 bridgehead atoms. The van der Waals surface area contributed by atoms with Crippen LogP contribution in [0, 0.1) is 11.3 Å². The summed E-state index contributed by atoms with van der Waals surface area (Å²) in [5.41, 5.74) is 2.23. The van der Waals surface area contributed by atoms with Gasteiger partial charge in [0.25, 0.3) is 0 Å². The molecule has 0 N–H and O–H groups in total. The van der Waals surface area contributed by atoms with Crippen LogP contribution in [0.3, 0.4) is 0 Å². The Kier molecular flexibility index (Phi) is 5.66. The molecule has 0 spiro atoms. The average Bonchev–Trinajstić information content (AvgIpc) is 2.28. The molecule has 3 nitrogen and oxygen atoms in total.